The smallest absolute Gasteiger partial charge is 0.267 e. The van der Waals surface area contributed by atoms with Crippen LogP contribution in [-0.4, -0.2) is 18.9 Å². The molecular formula is C17H15BrN2O2. The molecule has 0 aliphatic heterocycles. The summed E-state index contributed by atoms with van der Waals surface area (Å²) in [5, 5.41) is 5.18. The zero-order valence-corrected chi connectivity index (χ0v) is 13.6. The second kappa shape index (κ2) is 7.56. The normalized spacial score (nSPS) is 10.9. The van der Waals surface area contributed by atoms with E-state index in [0.29, 0.717) is 10.0 Å². The molecular weight excluding hydrogens is 344 g/mol. The molecule has 0 unspecified atom stereocenters. The van der Waals surface area contributed by atoms with Crippen LogP contribution in [0.3, 0.4) is 0 Å². The summed E-state index contributed by atoms with van der Waals surface area (Å²) in [6.07, 6.45) is 1.63. The van der Waals surface area contributed by atoms with Crippen LogP contribution >= 0.6 is 15.9 Å². The van der Waals surface area contributed by atoms with E-state index < -0.39 is 0 Å². The molecule has 4 nitrogen and oxygen atoms in total. The first-order chi connectivity index (χ1) is 10.6. The first-order valence-corrected chi connectivity index (χ1v) is 7.46. The van der Waals surface area contributed by atoms with Crippen LogP contribution in [0.15, 0.2) is 64.8 Å². The average Bonchev–Trinajstić information content (AvgIpc) is 2.54. The Morgan fingerprint density at radius 1 is 1.00 bits per heavy atom. The fourth-order valence-corrected chi connectivity index (χ4v) is 2.31. The summed E-state index contributed by atoms with van der Waals surface area (Å²) in [6.45, 7) is 0. The SMILES string of the molecule is CNC(=O)/C(=C\c1ccccc1)NC(=O)c1ccccc1Br. The van der Waals surface area contributed by atoms with Gasteiger partial charge in [-0.2, -0.15) is 0 Å². The maximum Gasteiger partial charge on any atom is 0.267 e. The van der Waals surface area contributed by atoms with Crippen LogP contribution in [-0.2, 0) is 4.79 Å². The third kappa shape index (κ3) is 4.05. The first kappa shape index (κ1) is 16.0. The molecule has 0 aliphatic rings. The number of benzene rings is 2. The minimum Gasteiger partial charge on any atom is -0.354 e. The Hall–Kier alpha value is -2.40. The summed E-state index contributed by atoms with van der Waals surface area (Å²) in [4.78, 5) is 24.3. The molecule has 0 heterocycles. The minimum atomic E-state index is -0.357. The second-order valence-corrected chi connectivity index (χ2v) is 5.34. The fraction of sp³-hybridized carbons (Fsp3) is 0.0588. The first-order valence-electron chi connectivity index (χ1n) is 6.66. The largest absolute Gasteiger partial charge is 0.354 e. The van der Waals surface area contributed by atoms with Gasteiger partial charge in [0.05, 0.1) is 5.56 Å². The molecule has 0 atom stereocenters. The van der Waals surface area contributed by atoms with Gasteiger partial charge in [0.15, 0.2) is 0 Å². The highest BCUT2D eigenvalue weighted by molar-refractivity contribution is 9.10. The summed E-state index contributed by atoms with van der Waals surface area (Å²) in [5.74, 6) is -0.706. The topological polar surface area (TPSA) is 58.2 Å². The Labute approximate surface area is 137 Å². The van der Waals surface area contributed by atoms with E-state index in [2.05, 4.69) is 26.6 Å². The molecule has 0 bridgehead atoms. The maximum atomic E-state index is 12.3. The van der Waals surface area contributed by atoms with Crippen LogP contribution in [0, 0.1) is 0 Å². The highest BCUT2D eigenvalue weighted by Gasteiger charge is 2.15. The van der Waals surface area contributed by atoms with Crippen molar-refractivity contribution >= 4 is 33.8 Å². The fourth-order valence-electron chi connectivity index (χ4n) is 1.84. The second-order valence-electron chi connectivity index (χ2n) is 4.48. The van der Waals surface area contributed by atoms with Crippen LogP contribution in [0.2, 0.25) is 0 Å². The number of carbonyl (C=O) groups is 2. The Bertz CT molecular complexity index is 712. The van der Waals surface area contributed by atoms with Gasteiger partial charge in [0, 0.05) is 11.5 Å². The standard InChI is InChI=1S/C17H15BrN2O2/c1-19-17(22)15(11-12-7-3-2-4-8-12)20-16(21)13-9-5-6-10-14(13)18/h2-11H,1H3,(H,19,22)(H,20,21)/b15-11+. The zero-order chi connectivity index (χ0) is 15.9. The number of amides is 2. The van der Waals surface area contributed by atoms with E-state index in [-0.39, 0.29) is 17.5 Å². The summed E-state index contributed by atoms with van der Waals surface area (Å²) < 4.78 is 0.670. The van der Waals surface area contributed by atoms with E-state index in [0.717, 1.165) is 5.56 Å². The summed E-state index contributed by atoms with van der Waals surface area (Å²) >= 11 is 3.33. The number of rotatable bonds is 4. The molecule has 2 amide bonds. The Morgan fingerprint density at radius 3 is 2.27 bits per heavy atom. The Morgan fingerprint density at radius 2 is 1.64 bits per heavy atom. The van der Waals surface area contributed by atoms with Crippen LogP contribution < -0.4 is 10.6 Å². The van der Waals surface area contributed by atoms with Crippen molar-refractivity contribution in [2.75, 3.05) is 7.05 Å². The predicted octanol–water partition coefficient (Wildman–Crippen LogP) is 2.97. The van der Waals surface area contributed by atoms with Gasteiger partial charge in [-0.3, -0.25) is 9.59 Å². The van der Waals surface area contributed by atoms with E-state index in [4.69, 9.17) is 0 Å². The molecule has 5 heteroatoms. The number of hydrogen-bond acceptors (Lipinski definition) is 2. The van der Waals surface area contributed by atoms with Crippen molar-refractivity contribution in [2.24, 2.45) is 0 Å². The summed E-state index contributed by atoms with van der Waals surface area (Å²) in [7, 11) is 1.52. The van der Waals surface area contributed by atoms with Gasteiger partial charge >= 0.3 is 0 Å². The molecule has 112 valence electrons. The van der Waals surface area contributed by atoms with E-state index in [1.54, 1.807) is 24.3 Å². The molecule has 22 heavy (non-hydrogen) atoms. The molecule has 2 aromatic carbocycles. The van der Waals surface area contributed by atoms with Crippen LogP contribution in [0.4, 0.5) is 0 Å². The number of likely N-dealkylation sites (N-methyl/N-ethyl adjacent to an activating group) is 1. The third-order valence-corrected chi connectivity index (χ3v) is 3.64. The molecule has 0 fully saturated rings. The lowest BCUT2D eigenvalue weighted by Gasteiger charge is -2.10. The number of carbonyl (C=O) groups excluding carboxylic acids is 2. The zero-order valence-electron chi connectivity index (χ0n) is 12.0. The van der Waals surface area contributed by atoms with Gasteiger partial charge in [-0.25, -0.2) is 0 Å². The molecule has 2 aromatic rings. The lowest BCUT2D eigenvalue weighted by atomic mass is 10.1. The Kier molecular flexibility index (Phi) is 5.49. The maximum absolute atomic E-state index is 12.3. The van der Waals surface area contributed by atoms with Gasteiger partial charge in [-0.05, 0) is 39.7 Å². The molecule has 0 radical (unpaired) electrons. The van der Waals surface area contributed by atoms with E-state index in [1.165, 1.54) is 7.05 Å². The van der Waals surface area contributed by atoms with Crippen molar-refractivity contribution < 1.29 is 9.59 Å². The summed E-state index contributed by atoms with van der Waals surface area (Å²) in [5.41, 5.74) is 1.48. The number of halogens is 1. The van der Waals surface area contributed by atoms with Crippen molar-refractivity contribution in [3.8, 4) is 0 Å². The predicted molar refractivity (Wildman–Crippen MR) is 90.1 cm³/mol. The highest BCUT2D eigenvalue weighted by atomic mass is 79.9. The van der Waals surface area contributed by atoms with Crippen molar-refractivity contribution in [3.63, 3.8) is 0 Å². The van der Waals surface area contributed by atoms with Crippen molar-refractivity contribution in [1.29, 1.82) is 0 Å². The van der Waals surface area contributed by atoms with Gasteiger partial charge < -0.3 is 10.6 Å². The minimum absolute atomic E-state index is 0.189. The van der Waals surface area contributed by atoms with Crippen LogP contribution in [0.25, 0.3) is 6.08 Å². The van der Waals surface area contributed by atoms with Crippen LogP contribution in [0.5, 0.6) is 0 Å². The lowest BCUT2D eigenvalue weighted by molar-refractivity contribution is -0.117. The van der Waals surface area contributed by atoms with Gasteiger partial charge in [0.2, 0.25) is 0 Å². The van der Waals surface area contributed by atoms with E-state index in [1.807, 2.05) is 36.4 Å². The van der Waals surface area contributed by atoms with Gasteiger partial charge in [0.25, 0.3) is 11.8 Å². The molecule has 0 aromatic heterocycles. The monoisotopic (exact) mass is 358 g/mol. The molecule has 0 spiro atoms. The van der Waals surface area contributed by atoms with Crippen LogP contribution in [0.1, 0.15) is 15.9 Å². The summed E-state index contributed by atoms with van der Waals surface area (Å²) in [6, 6.07) is 16.4. The van der Waals surface area contributed by atoms with Crippen molar-refractivity contribution in [3.05, 3.63) is 75.9 Å². The average molecular weight is 359 g/mol. The van der Waals surface area contributed by atoms with E-state index >= 15 is 0 Å². The lowest BCUT2D eigenvalue weighted by Crippen LogP contribution is -2.33. The highest BCUT2D eigenvalue weighted by Crippen LogP contribution is 2.16. The van der Waals surface area contributed by atoms with Crippen molar-refractivity contribution in [2.45, 2.75) is 0 Å². The van der Waals surface area contributed by atoms with Gasteiger partial charge in [-0.1, -0.05) is 42.5 Å². The molecule has 0 aliphatic carbocycles. The van der Waals surface area contributed by atoms with Crippen molar-refractivity contribution in [1.82, 2.24) is 10.6 Å². The number of nitrogens with one attached hydrogen (secondary N) is 2. The molecule has 0 saturated heterocycles. The van der Waals surface area contributed by atoms with Gasteiger partial charge in [0.1, 0.15) is 5.70 Å². The number of hydrogen-bond donors (Lipinski definition) is 2. The molecule has 2 rings (SSSR count). The Balaban J connectivity index is 2.28. The quantitative estimate of drug-likeness (QED) is 0.825. The molecule has 0 saturated carbocycles. The molecule has 2 N–H and O–H groups in total. The van der Waals surface area contributed by atoms with E-state index in [9.17, 15) is 9.59 Å². The van der Waals surface area contributed by atoms with Gasteiger partial charge in [-0.15, -0.1) is 0 Å². The third-order valence-electron chi connectivity index (χ3n) is 2.95.